The SMILES string of the molecule is N#Cc1cc2cc(Oc3ccccc3)c(Oc3ccccc3)cc2cc1C#N.NC1=NC(N)c2cc3cc(Oc4ccccc4)c(Oc4ccccc4)cc3cc21. The number of amidine groups is 1. The lowest BCUT2D eigenvalue weighted by Gasteiger charge is -2.15. The molecule has 9 rings (SSSR count). The van der Waals surface area contributed by atoms with Gasteiger partial charge in [0.2, 0.25) is 0 Å². The highest BCUT2D eigenvalue weighted by molar-refractivity contribution is 6.05. The maximum atomic E-state index is 9.31. The molecule has 1 aliphatic heterocycles. The first-order valence-electron chi connectivity index (χ1n) is 18.0. The second-order valence-electron chi connectivity index (χ2n) is 13.0. The number of nitriles is 2. The van der Waals surface area contributed by atoms with Crippen LogP contribution in [0.4, 0.5) is 0 Å². The molecule has 4 N–H and O–H groups in total. The fourth-order valence-electron chi connectivity index (χ4n) is 6.35. The molecule has 0 radical (unpaired) electrons. The third kappa shape index (κ3) is 8.06. The number of rotatable bonds is 8. The zero-order chi connectivity index (χ0) is 39.1. The Kier molecular flexibility index (Phi) is 10.1. The van der Waals surface area contributed by atoms with Crippen LogP contribution in [0.1, 0.15) is 28.4 Å². The molecule has 9 heteroatoms. The first-order valence-corrected chi connectivity index (χ1v) is 18.0. The van der Waals surface area contributed by atoms with Crippen LogP contribution < -0.4 is 30.4 Å². The van der Waals surface area contributed by atoms with Gasteiger partial charge in [-0.1, -0.05) is 72.8 Å². The summed E-state index contributed by atoms with van der Waals surface area (Å²) < 4.78 is 24.4. The predicted octanol–water partition coefficient (Wildman–Crippen LogP) is 11.3. The van der Waals surface area contributed by atoms with Crippen LogP contribution in [0.2, 0.25) is 0 Å². The second kappa shape index (κ2) is 16.1. The van der Waals surface area contributed by atoms with E-state index < -0.39 is 6.17 Å². The van der Waals surface area contributed by atoms with Gasteiger partial charge in [-0.15, -0.1) is 0 Å². The van der Waals surface area contributed by atoms with E-state index in [9.17, 15) is 10.5 Å². The van der Waals surface area contributed by atoms with Crippen molar-refractivity contribution in [3.05, 3.63) is 192 Å². The molecule has 1 unspecified atom stereocenters. The molecule has 0 aromatic heterocycles. The van der Waals surface area contributed by atoms with Gasteiger partial charge in [-0.2, -0.15) is 10.5 Å². The van der Waals surface area contributed by atoms with E-state index in [0.29, 0.717) is 51.5 Å². The van der Waals surface area contributed by atoms with Crippen molar-refractivity contribution in [1.29, 1.82) is 10.5 Å². The predicted molar refractivity (Wildman–Crippen MR) is 221 cm³/mol. The maximum Gasteiger partial charge on any atom is 0.170 e. The van der Waals surface area contributed by atoms with Gasteiger partial charge in [-0.05, 0) is 119 Å². The van der Waals surface area contributed by atoms with E-state index in [1.165, 1.54) is 0 Å². The van der Waals surface area contributed by atoms with Gasteiger partial charge < -0.3 is 30.4 Å². The zero-order valence-corrected chi connectivity index (χ0v) is 30.4. The van der Waals surface area contributed by atoms with Crippen LogP contribution in [0, 0.1) is 22.7 Å². The molecule has 0 aliphatic carbocycles. The normalized spacial score (nSPS) is 12.6. The van der Waals surface area contributed by atoms with Crippen LogP contribution in [0.3, 0.4) is 0 Å². The number of hydrogen-bond donors (Lipinski definition) is 2. The summed E-state index contributed by atoms with van der Waals surface area (Å²) in [4.78, 5) is 4.27. The molecule has 0 bridgehead atoms. The van der Waals surface area contributed by atoms with E-state index in [-0.39, 0.29) is 0 Å². The summed E-state index contributed by atoms with van der Waals surface area (Å²) in [5, 5.41) is 22.2. The van der Waals surface area contributed by atoms with E-state index in [4.69, 9.17) is 30.4 Å². The molecule has 8 aromatic rings. The van der Waals surface area contributed by atoms with Crippen molar-refractivity contribution in [2.75, 3.05) is 0 Å². The van der Waals surface area contributed by atoms with Crippen molar-refractivity contribution in [2.24, 2.45) is 16.5 Å². The highest BCUT2D eigenvalue weighted by Crippen LogP contribution is 2.41. The van der Waals surface area contributed by atoms with Gasteiger partial charge in [-0.25, -0.2) is 4.99 Å². The quantitative estimate of drug-likeness (QED) is 0.156. The van der Waals surface area contributed by atoms with Gasteiger partial charge in [0.05, 0.1) is 11.1 Å². The molecule has 1 aliphatic rings. The number of ether oxygens (including phenoxy) is 4. The Bertz CT molecular complexity index is 2740. The second-order valence-corrected chi connectivity index (χ2v) is 13.0. The topological polar surface area (TPSA) is 149 Å². The fraction of sp³-hybridized carbons (Fsp3) is 0.0208. The molecule has 57 heavy (non-hydrogen) atoms. The van der Waals surface area contributed by atoms with E-state index >= 15 is 0 Å². The molecule has 1 heterocycles. The third-order valence-electron chi connectivity index (χ3n) is 9.11. The van der Waals surface area contributed by atoms with Crippen molar-refractivity contribution in [2.45, 2.75) is 6.17 Å². The van der Waals surface area contributed by atoms with Gasteiger partial charge >= 0.3 is 0 Å². The molecule has 0 amide bonds. The number of benzene rings is 8. The number of hydrogen-bond acceptors (Lipinski definition) is 9. The Morgan fingerprint density at radius 1 is 0.439 bits per heavy atom. The van der Waals surface area contributed by atoms with E-state index in [1.54, 1.807) is 12.1 Å². The monoisotopic (exact) mass is 743 g/mol. The number of nitrogens with zero attached hydrogens (tertiary/aromatic N) is 3. The average Bonchev–Trinajstić information content (AvgIpc) is 3.52. The van der Waals surface area contributed by atoms with E-state index in [0.717, 1.165) is 44.2 Å². The molecule has 0 fully saturated rings. The minimum Gasteiger partial charge on any atom is -0.453 e. The number of nitrogens with two attached hydrogens (primary N) is 2. The lowest BCUT2D eigenvalue weighted by Crippen LogP contribution is -2.10. The van der Waals surface area contributed by atoms with Crippen LogP contribution in [0.15, 0.2) is 175 Å². The van der Waals surface area contributed by atoms with Crippen LogP contribution in [0.5, 0.6) is 46.0 Å². The van der Waals surface area contributed by atoms with Crippen molar-refractivity contribution in [3.63, 3.8) is 0 Å². The van der Waals surface area contributed by atoms with Gasteiger partial charge in [0.1, 0.15) is 47.1 Å². The standard InChI is InChI=1S/C24H19N3O2.C24H14N2O2/c25-23-19-11-15-13-21(28-17-7-3-1-4-8-17)22(29-18-9-5-2-6-10-18)14-16(15)12-20(19)24(26)27-23;25-15-19-11-17-13-23(27-21-7-3-1-4-8-21)24(14-18(17)12-20(19)16-26)28-22-9-5-2-6-10-22/h1-14,23H,25H2,(H2,26,27);1-14H. The third-order valence-corrected chi connectivity index (χ3v) is 9.11. The number of para-hydroxylation sites is 4. The lowest BCUT2D eigenvalue weighted by atomic mass is 10.00. The number of aliphatic imine (C=N–C) groups is 1. The summed E-state index contributed by atoms with van der Waals surface area (Å²) in [6.45, 7) is 0. The molecule has 274 valence electrons. The van der Waals surface area contributed by atoms with Crippen molar-refractivity contribution >= 4 is 27.4 Å². The minimum atomic E-state index is -0.437. The van der Waals surface area contributed by atoms with E-state index in [1.807, 2.05) is 158 Å². The summed E-state index contributed by atoms with van der Waals surface area (Å²) in [6, 6.07) is 57.2. The largest absolute Gasteiger partial charge is 0.453 e. The Morgan fingerprint density at radius 2 is 0.754 bits per heavy atom. The lowest BCUT2D eigenvalue weighted by molar-refractivity contribution is 0.420. The summed E-state index contributed by atoms with van der Waals surface area (Å²) in [7, 11) is 0. The van der Waals surface area contributed by atoms with Crippen LogP contribution >= 0.6 is 0 Å². The van der Waals surface area contributed by atoms with Gasteiger partial charge in [0, 0.05) is 11.1 Å². The van der Waals surface area contributed by atoms with Crippen molar-refractivity contribution in [3.8, 4) is 58.1 Å². The fourth-order valence-corrected chi connectivity index (χ4v) is 6.35. The van der Waals surface area contributed by atoms with Crippen LogP contribution in [0.25, 0.3) is 21.5 Å². The summed E-state index contributed by atoms with van der Waals surface area (Å²) in [6.07, 6.45) is -0.437. The van der Waals surface area contributed by atoms with Crippen LogP contribution in [-0.4, -0.2) is 5.84 Å². The van der Waals surface area contributed by atoms with Crippen LogP contribution in [-0.2, 0) is 0 Å². The van der Waals surface area contributed by atoms with Crippen molar-refractivity contribution in [1.82, 2.24) is 0 Å². The molecule has 1 atom stereocenters. The minimum absolute atomic E-state index is 0.331. The Morgan fingerprint density at radius 3 is 1.09 bits per heavy atom. The Labute approximate surface area is 328 Å². The molecule has 8 aromatic carbocycles. The molecule has 0 spiro atoms. The first kappa shape index (κ1) is 35.9. The highest BCUT2D eigenvalue weighted by Gasteiger charge is 2.22. The summed E-state index contributed by atoms with van der Waals surface area (Å²) >= 11 is 0. The highest BCUT2D eigenvalue weighted by atomic mass is 16.5. The van der Waals surface area contributed by atoms with Gasteiger partial charge in [0.15, 0.2) is 23.0 Å². The molecule has 0 saturated heterocycles. The smallest absolute Gasteiger partial charge is 0.170 e. The molecular formula is C48H33N5O4. The van der Waals surface area contributed by atoms with Crippen molar-refractivity contribution < 1.29 is 18.9 Å². The maximum absolute atomic E-state index is 9.31. The van der Waals surface area contributed by atoms with Gasteiger partial charge in [0.25, 0.3) is 0 Å². The summed E-state index contributed by atoms with van der Waals surface area (Å²) in [5.41, 5.74) is 14.6. The Hall–Kier alpha value is -8.11. The first-order chi connectivity index (χ1) is 27.9. The molecule has 9 nitrogen and oxygen atoms in total. The average molecular weight is 744 g/mol. The number of fused-ring (bicyclic) bond motifs is 3. The zero-order valence-electron chi connectivity index (χ0n) is 30.4. The van der Waals surface area contributed by atoms with Gasteiger partial charge in [-0.3, -0.25) is 0 Å². The molecular weight excluding hydrogens is 711 g/mol. The van der Waals surface area contributed by atoms with E-state index in [2.05, 4.69) is 17.1 Å². The Balaban J connectivity index is 0.000000160. The summed E-state index contributed by atoms with van der Waals surface area (Å²) in [5.74, 6) is 5.56. The molecule has 0 saturated carbocycles.